The monoisotopic (exact) mass is 371 g/mol. The summed E-state index contributed by atoms with van der Waals surface area (Å²) in [5.41, 5.74) is 6.98. The molecule has 0 bridgehead atoms. The van der Waals surface area contributed by atoms with Crippen molar-refractivity contribution in [3.8, 4) is 5.75 Å². The van der Waals surface area contributed by atoms with E-state index < -0.39 is 0 Å². The molecule has 3 rings (SSSR count). The third-order valence-corrected chi connectivity index (χ3v) is 5.92. The summed E-state index contributed by atoms with van der Waals surface area (Å²) in [6, 6.07) is 2.77. The van der Waals surface area contributed by atoms with E-state index in [2.05, 4.69) is 5.32 Å². The van der Waals surface area contributed by atoms with E-state index in [1.54, 1.807) is 6.07 Å². The van der Waals surface area contributed by atoms with Crippen molar-refractivity contribution in [2.45, 2.75) is 25.3 Å². The second-order valence-electron chi connectivity index (χ2n) is 6.70. The number of likely N-dealkylation sites (tertiary alicyclic amines) is 1. The van der Waals surface area contributed by atoms with Gasteiger partial charge in [0.1, 0.15) is 5.75 Å². The summed E-state index contributed by atoms with van der Waals surface area (Å²) in [5.74, 6) is 0.657. The third kappa shape index (κ3) is 3.64. The van der Waals surface area contributed by atoms with Crippen molar-refractivity contribution in [3.63, 3.8) is 0 Å². The number of hydrogen-bond acceptors (Lipinski definition) is 4. The maximum absolute atomic E-state index is 12.5. The summed E-state index contributed by atoms with van der Waals surface area (Å²) >= 11 is 12.0. The van der Waals surface area contributed by atoms with Crippen molar-refractivity contribution in [2.75, 3.05) is 26.2 Å². The number of nitrogens with zero attached hydrogens (tertiary/aromatic N) is 1. The quantitative estimate of drug-likeness (QED) is 0.762. The first-order chi connectivity index (χ1) is 11.5. The number of carbonyl (C=O) groups is 1. The number of nitrogens with one attached hydrogen (secondary N) is 1. The molecule has 2 fully saturated rings. The summed E-state index contributed by atoms with van der Waals surface area (Å²) in [5, 5.41) is 14.0. The van der Waals surface area contributed by atoms with Crippen molar-refractivity contribution >= 4 is 29.1 Å². The summed E-state index contributed by atoms with van der Waals surface area (Å²) in [6.45, 7) is 3.15. The van der Waals surface area contributed by atoms with Gasteiger partial charge in [-0.3, -0.25) is 4.79 Å². The highest BCUT2D eigenvalue weighted by Crippen LogP contribution is 2.37. The average molecular weight is 372 g/mol. The first kappa shape index (κ1) is 17.8. The number of benzene rings is 1. The number of rotatable bonds is 3. The molecule has 2 aliphatic rings. The topological polar surface area (TPSA) is 78.6 Å². The predicted octanol–water partition coefficient (Wildman–Crippen LogP) is 2.55. The number of piperidine rings is 1. The minimum absolute atomic E-state index is 0.0763. The van der Waals surface area contributed by atoms with Gasteiger partial charge in [-0.1, -0.05) is 23.2 Å². The van der Waals surface area contributed by atoms with E-state index in [-0.39, 0.29) is 29.5 Å². The molecule has 5 nitrogen and oxygen atoms in total. The fourth-order valence-electron chi connectivity index (χ4n) is 3.68. The molecule has 7 heteroatoms. The molecule has 0 aliphatic carbocycles. The van der Waals surface area contributed by atoms with Gasteiger partial charge in [0.15, 0.2) is 0 Å². The Bertz CT molecular complexity index is 612. The molecule has 4 N–H and O–H groups in total. The van der Waals surface area contributed by atoms with Gasteiger partial charge in [0.25, 0.3) is 0 Å². The molecule has 0 aromatic heterocycles. The Kier molecular flexibility index (Phi) is 5.55. The second-order valence-corrected chi connectivity index (χ2v) is 7.52. The molecule has 0 spiro atoms. The Labute approximate surface area is 152 Å². The highest BCUT2D eigenvalue weighted by atomic mass is 35.5. The Morgan fingerprint density at radius 2 is 1.92 bits per heavy atom. The van der Waals surface area contributed by atoms with Crippen LogP contribution in [0, 0.1) is 11.8 Å². The minimum Gasteiger partial charge on any atom is -0.508 e. The highest BCUT2D eigenvalue weighted by Gasteiger charge is 2.32. The maximum Gasteiger partial charge on any atom is 0.227 e. The molecule has 1 aromatic carbocycles. The van der Waals surface area contributed by atoms with Crippen molar-refractivity contribution in [2.24, 2.45) is 17.6 Å². The van der Waals surface area contributed by atoms with Gasteiger partial charge in [0.05, 0.1) is 16.0 Å². The Balaban J connectivity index is 1.62. The van der Waals surface area contributed by atoms with Gasteiger partial charge in [0, 0.05) is 37.3 Å². The zero-order valence-electron chi connectivity index (χ0n) is 13.5. The van der Waals surface area contributed by atoms with E-state index in [9.17, 15) is 9.90 Å². The lowest BCUT2D eigenvalue weighted by atomic mass is 9.85. The molecule has 2 heterocycles. The van der Waals surface area contributed by atoms with Crippen LogP contribution in [0.1, 0.15) is 30.9 Å². The lowest BCUT2D eigenvalue weighted by Crippen LogP contribution is -2.44. The fraction of sp³-hybridized carbons (Fsp3) is 0.588. The lowest BCUT2D eigenvalue weighted by Gasteiger charge is -2.36. The summed E-state index contributed by atoms with van der Waals surface area (Å²) < 4.78 is 0. The molecule has 2 aliphatic heterocycles. The molecule has 1 aromatic rings. The molecule has 24 heavy (non-hydrogen) atoms. The molecular weight excluding hydrogens is 349 g/mol. The van der Waals surface area contributed by atoms with Gasteiger partial charge in [-0.15, -0.1) is 0 Å². The molecule has 132 valence electrons. The van der Waals surface area contributed by atoms with Crippen LogP contribution in [0.2, 0.25) is 10.0 Å². The molecule has 0 radical (unpaired) electrons. The van der Waals surface area contributed by atoms with E-state index in [1.807, 2.05) is 4.90 Å². The van der Waals surface area contributed by atoms with Crippen LogP contribution < -0.4 is 11.1 Å². The number of aromatic hydroxyl groups is 1. The second kappa shape index (κ2) is 7.48. The molecule has 0 saturated carbocycles. The van der Waals surface area contributed by atoms with E-state index in [0.29, 0.717) is 15.6 Å². The average Bonchev–Trinajstić information content (AvgIpc) is 3.11. The SMILES string of the molecule is N[C@@H](c1cc(Cl)c(Cl)cc1O)C1CCN(C(=O)C2CCNC2)CC1. The van der Waals surface area contributed by atoms with Crippen molar-refractivity contribution in [1.29, 1.82) is 0 Å². The number of hydrogen-bond donors (Lipinski definition) is 3. The molecular formula is C17H23Cl2N3O2. The summed E-state index contributed by atoms with van der Waals surface area (Å²) in [6.07, 6.45) is 2.58. The van der Waals surface area contributed by atoms with Crippen LogP contribution >= 0.6 is 23.2 Å². The van der Waals surface area contributed by atoms with Crippen molar-refractivity contribution in [3.05, 3.63) is 27.7 Å². The van der Waals surface area contributed by atoms with Crippen LogP contribution in [0.25, 0.3) is 0 Å². The number of halogens is 2. The van der Waals surface area contributed by atoms with Gasteiger partial charge in [-0.05, 0) is 37.8 Å². The Morgan fingerprint density at radius 1 is 1.25 bits per heavy atom. The fourth-order valence-corrected chi connectivity index (χ4v) is 4.01. The van der Waals surface area contributed by atoms with E-state index in [4.69, 9.17) is 28.9 Å². The number of carbonyl (C=O) groups excluding carboxylic acids is 1. The predicted molar refractivity (Wildman–Crippen MR) is 95.3 cm³/mol. The van der Waals surface area contributed by atoms with E-state index >= 15 is 0 Å². The van der Waals surface area contributed by atoms with Crippen molar-refractivity contribution < 1.29 is 9.90 Å². The van der Waals surface area contributed by atoms with Gasteiger partial charge < -0.3 is 21.1 Å². The Morgan fingerprint density at radius 3 is 2.54 bits per heavy atom. The smallest absolute Gasteiger partial charge is 0.227 e. The normalized spacial score (nSPS) is 23.5. The van der Waals surface area contributed by atoms with Crippen LogP contribution in [-0.2, 0) is 4.79 Å². The van der Waals surface area contributed by atoms with Gasteiger partial charge in [-0.2, -0.15) is 0 Å². The minimum atomic E-state index is -0.315. The van der Waals surface area contributed by atoms with E-state index in [1.165, 1.54) is 6.07 Å². The largest absolute Gasteiger partial charge is 0.508 e. The van der Waals surface area contributed by atoms with Crippen molar-refractivity contribution in [1.82, 2.24) is 10.2 Å². The first-order valence-corrected chi connectivity index (χ1v) is 9.16. The van der Waals surface area contributed by atoms with Crippen LogP contribution in [0.3, 0.4) is 0 Å². The lowest BCUT2D eigenvalue weighted by molar-refractivity contribution is -0.136. The maximum atomic E-state index is 12.5. The van der Waals surface area contributed by atoms with Crippen LogP contribution in [0.15, 0.2) is 12.1 Å². The number of phenols is 1. The molecule has 1 unspecified atom stereocenters. The third-order valence-electron chi connectivity index (χ3n) is 5.20. The van der Waals surface area contributed by atoms with E-state index in [0.717, 1.165) is 45.4 Å². The first-order valence-electron chi connectivity index (χ1n) is 8.40. The molecule has 2 atom stereocenters. The molecule has 1 amide bonds. The number of phenolic OH excluding ortho intramolecular Hbond substituents is 1. The van der Waals surface area contributed by atoms with Crippen LogP contribution in [-0.4, -0.2) is 42.1 Å². The summed E-state index contributed by atoms with van der Waals surface area (Å²) in [4.78, 5) is 14.4. The van der Waals surface area contributed by atoms with Gasteiger partial charge >= 0.3 is 0 Å². The highest BCUT2D eigenvalue weighted by molar-refractivity contribution is 6.42. The van der Waals surface area contributed by atoms with Gasteiger partial charge in [-0.25, -0.2) is 0 Å². The van der Waals surface area contributed by atoms with Crippen LogP contribution in [0.4, 0.5) is 0 Å². The zero-order chi connectivity index (χ0) is 17.3. The summed E-state index contributed by atoms with van der Waals surface area (Å²) in [7, 11) is 0. The number of nitrogens with two attached hydrogens (primary N) is 1. The number of amides is 1. The van der Waals surface area contributed by atoms with Gasteiger partial charge in [0.2, 0.25) is 5.91 Å². The standard InChI is InChI=1S/C17H23Cl2N3O2/c18-13-7-12(15(23)8-14(13)19)16(20)10-2-5-22(6-3-10)17(24)11-1-4-21-9-11/h7-8,10-11,16,21,23H,1-6,9,20H2/t11?,16-/m1/s1. The zero-order valence-corrected chi connectivity index (χ0v) is 15.0. The van der Waals surface area contributed by atoms with Crippen LogP contribution in [0.5, 0.6) is 5.75 Å². The molecule has 2 saturated heterocycles. The Hall–Kier alpha value is -1.01.